The number of carbonyl (C=O) groups is 1. The molecule has 0 saturated carbocycles. The molecule has 1 aliphatic rings. The van der Waals surface area contributed by atoms with Crippen LogP contribution in [0.2, 0.25) is 0 Å². The average molecular weight is 371 g/mol. The van der Waals surface area contributed by atoms with E-state index >= 15 is 0 Å². The molecule has 3 aromatic rings. The zero-order chi connectivity index (χ0) is 19.3. The van der Waals surface area contributed by atoms with E-state index in [9.17, 15) is 4.79 Å². The first kappa shape index (κ1) is 18.4. The third-order valence-corrected chi connectivity index (χ3v) is 5.38. The van der Waals surface area contributed by atoms with Crippen LogP contribution in [0.4, 0.5) is 0 Å². The Morgan fingerprint density at radius 1 is 1.07 bits per heavy atom. The quantitative estimate of drug-likeness (QED) is 0.683. The van der Waals surface area contributed by atoms with Gasteiger partial charge in [-0.1, -0.05) is 54.1 Å². The number of nitrogens with zero attached hydrogens (tertiary/aromatic N) is 3. The summed E-state index contributed by atoms with van der Waals surface area (Å²) in [5, 5.41) is 0. The molecule has 1 atom stereocenters. The Bertz CT molecular complexity index is 955. The number of rotatable bonds is 4. The van der Waals surface area contributed by atoms with Crippen molar-refractivity contribution in [3.05, 3.63) is 83.8 Å². The number of hydrogen-bond acceptors (Lipinski definition) is 3. The molecule has 0 aliphatic carbocycles. The maximum atomic E-state index is 12.8. The summed E-state index contributed by atoms with van der Waals surface area (Å²) in [5.41, 5.74) is 5.31. The van der Waals surface area contributed by atoms with Crippen LogP contribution in [0, 0.1) is 6.92 Å². The van der Waals surface area contributed by atoms with Gasteiger partial charge in [-0.25, -0.2) is 0 Å². The zero-order valence-electron chi connectivity index (χ0n) is 16.2. The van der Waals surface area contributed by atoms with Gasteiger partial charge in [-0.3, -0.25) is 14.8 Å². The summed E-state index contributed by atoms with van der Waals surface area (Å²) in [4.78, 5) is 24.2. The Morgan fingerprint density at radius 3 is 2.71 bits per heavy atom. The molecular weight excluding hydrogens is 346 g/mol. The molecular formula is C24H25N3O. The van der Waals surface area contributed by atoms with E-state index in [4.69, 9.17) is 0 Å². The van der Waals surface area contributed by atoms with Crippen molar-refractivity contribution >= 4 is 5.91 Å². The lowest BCUT2D eigenvalue weighted by atomic mass is 9.91. The van der Waals surface area contributed by atoms with Crippen LogP contribution in [-0.2, 0) is 11.2 Å². The number of piperidine rings is 1. The lowest BCUT2D eigenvalue weighted by Gasteiger charge is -2.33. The molecule has 0 N–H and O–H groups in total. The van der Waals surface area contributed by atoms with E-state index in [0.29, 0.717) is 13.0 Å². The minimum atomic E-state index is 0.192. The summed E-state index contributed by atoms with van der Waals surface area (Å²) in [7, 11) is 0. The van der Waals surface area contributed by atoms with Crippen LogP contribution in [-0.4, -0.2) is 33.9 Å². The molecule has 1 saturated heterocycles. The molecule has 28 heavy (non-hydrogen) atoms. The van der Waals surface area contributed by atoms with E-state index in [1.165, 1.54) is 5.56 Å². The molecule has 1 aromatic heterocycles. The van der Waals surface area contributed by atoms with Crippen LogP contribution in [0.25, 0.3) is 11.3 Å². The largest absolute Gasteiger partial charge is 0.342 e. The van der Waals surface area contributed by atoms with E-state index in [-0.39, 0.29) is 11.8 Å². The van der Waals surface area contributed by atoms with Gasteiger partial charge in [-0.2, -0.15) is 0 Å². The van der Waals surface area contributed by atoms with Crippen LogP contribution in [0.1, 0.15) is 35.6 Å². The maximum Gasteiger partial charge on any atom is 0.227 e. The first-order valence-corrected chi connectivity index (χ1v) is 9.90. The predicted molar refractivity (Wildman–Crippen MR) is 111 cm³/mol. The second-order valence-electron chi connectivity index (χ2n) is 7.50. The van der Waals surface area contributed by atoms with Crippen LogP contribution < -0.4 is 0 Å². The van der Waals surface area contributed by atoms with Gasteiger partial charge in [0.05, 0.1) is 17.8 Å². The first-order valence-electron chi connectivity index (χ1n) is 9.90. The lowest BCUT2D eigenvalue weighted by molar-refractivity contribution is -0.131. The number of benzene rings is 2. The summed E-state index contributed by atoms with van der Waals surface area (Å²) in [5.74, 6) is 0.412. The predicted octanol–water partition coefficient (Wildman–Crippen LogP) is 4.40. The lowest BCUT2D eigenvalue weighted by Crippen LogP contribution is -2.40. The summed E-state index contributed by atoms with van der Waals surface area (Å²) < 4.78 is 0. The Morgan fingerprint density at radius 2 is 1.89 bits per heavy atom. The monoisotopic (exact) mass is 371 g/mol. The van der Waals surface area contributed by atoms with Gasteiger partial charge in [-0.15, -0.1) is 0 Å². The van der Waals surface area contributed by atoms with Crippen LogP contribution in [0.15, 0.2) is 67.0 Å². The Kier molecular flexibility index (Phi) is 5.47. The second kappa shape index (κ2) is 8.34. The maximum absolute atomic E-state index is 12.8. The molecule has 4 rings (SSSR count). The van der Waals surface area contributed by atoms with Crippen molar-refractivity contribution in [2.75, 3.05) is 13.1 Å². The summed E-state index contributed by atoms with van der Waals surface area (Å²) in [6.07, 6.45) is 6.00. The number of aromatic nitrogens is 2. The highest BCUT2D eigenvalue weighted by Crippen LogP contribution is 2.32. The standard InChI is InChI=1S/C24H25N3O/c1-18-7-5-10-20(15-18)23-24(26-13-12-25-23)21-11-6-14-27(17-21)22(28)16-19-8-3-2-4-9-19/h2-5,7-10,12-13,15,21H,6,11,14,16-17H2,1H3/t21-/m1/s1. The van der Waals surface area contributed by atoms with Gasteiger partial charge in [0, 0.05) is 37.0 Å². The number of aryl methyl sites for hydroxylation is 1. The number of carbonyl (C=O) groups excluding carboxylic acids is 1. The van der Waals surface area contributed by atoms with E-state index in [0.717, 1.165) is 41.9 Å². The van der Waals surface area contributed by atoms with Gasteiger partial charge in [0.1, 0.15) is 0 Å². The number of hydrogen-bond donors (Lipinski definition) is 0. The van der Waals surface area contributed by atoms with E-state index < -0.39 is 0 Å². The summed E-state index contributed by atoms with van der Waals surface area (Å²) in [6, 6.07) is 18.3. The van der Waals surface area contributed by atoms with Crippen molar-refractivity contribution in [3.8, 4) is 11.3 Å². The van der Waals surface area contributed by atoms with Gasteiger partial charge in [0.25, 0.3) is 0 Å². The van der Waals surface area contributed by atoms with Gasteiger partial charge >= 0.3 is 0 Å². The van der Waals surface area contributed by atoms with Gasteiger partial charge < -0.3 is 4.90 Å². The highest BCUT2D eigenvalue weighted by atomic mass is 16.2. The first-order chi connectivity index (χ1) is 13.7. The molecule has 0 unspecified atom stereocenters. The molecule has 142 valence electrons. The van der Waals surface area contributed by atoms with Gasteiger partial charge in [0.15, 0.2) is 0 Å². The summed E-state index contributed by atoms with van der Waals surface area (Å²) >= 11 is 0. The van der Waals surface area contributed by atoms with Crippen molar-refractivity contribution in [2.45, 2.75) is 32.1 Å². The molecule has 2 aromatic carbocycles. The fraction of sp³-hybridized carbons (Fsp3) is 0.292. The highest BCUT2D eigenvalue weighted by Gasteiger charge is 2.27. The van der Waals surface area contributed by atoms with Crippen LogP contribution in [0.5, 0.6) is 0 Å². The van der Waals surface area contributed by atoms with Crippen LogP contribution >= 0.6 is 0 Å². The van der Waals surface area contributed by atoms with E-state index in [1.807, 2.05) is 35.2 Å². The fourth-order valence-electron chi connectivity index (χ4n) is 3.97. The van der Waals surface area contributed by atoms with Gasteiger partial charge in [-0.05, 0) is 31.4 Å². The Balaban J connectivity index is 1.55. The van der Waals surface area contributed by atoms with Crippen LogP contribution in [0.3, 0.4) is 0 Å². The minimum absolute atomic E-state index is 0.192. The Hall–Kier alpha value is -3.01. The highest BCUT2D eigenvalue weighted by molar-refractivity contribution is 5.79. The van der Waals surface area contributed by atoms with Crippen molar-refractivity contribution in [3.63, 3.8) is 0 Å². The van der Waals surface area contributed by atoms with E-state index in [2.05, 4.69) is 41.2 Å². The molecule has 4 heteroatoms. The van der Waals surface area contributed by atoms with Crippen molar-refractivity contribution in [2.24, 2.45) is 0 Å². The van der Waals surface area contributed by atoms with Crippen molar-refractivity contribution < 1.29 is 4.79 Å². The third kappa shape index (κ3) is 4.11. The molecule has 0 radical (unpaired) electrons. The van der Waals surface area contributed by atoms with E-state index in [1.54, 1.807) is 12.4 Å². The third-order valence-electron chi connectivity index (χ3n) is 5.38. The number of likely N-dealkylation sites (tertiary alicyclic amines) is 1. The minimum Gasteiger partial charge on any atom is -0.342 e. The Labute approximate surface area is 166 Å². The fourth-order valence-corrected chi connectivity index (χ4v) is 3.97. The summed E-state index contributed by atoms with van der Waals surface area (Å²) in [6.45, 7) is 3.62. The molecule has 1 fully saturated rings. The van der Waals surface area contributed by atoms with Crippen molar-refractivity contribution in [1.82, 2.24) is 14.9 Å². The van der Waals surface area contributed by atoms with Crippen molar-refractivity contribution in [1.29, 1.82) is 0 Å². The molecule has 1 aliphatic heterocycles. The topological polar surface area (TPSA) is 46.1 Å². The second-order valence-corrected chi connectivity index (χ2v) is 7.50. The molecule has 1 amide bonds. The SMILES string of the molecule is Cc1cccc(-c2nccnc2[C@@H]2CCCN(C(=O)Cc3ccccc3)C2)c1. The number of amides is 1. The average Bonchev–Trinajstić information content (AvgIpc) is 2.74. The molecule has 2 heterocycles. The smallest absolute Gasteiger partial charge is 0.227 e. The molecule has 0 bridgehead atoms. The van der Waals surface area contributed by atoms with Gasteiger partial charge in [0.2, 0.25) is 5.91 Å². The zero-order valence-corrected chi connectivity index (χ0v) is 16.2. The molecule has 0 spiro atoms. The normalized spacial score (nSPS) is 16.8. The molecule has 4 nitrogen and oxygen atoms in total.